The summed E-state index contributed by atoms with van der Waals surface area (Å²) in [6.45, 7) is 1.49. The van der Waals surface area contributed by atoms with Gasteiger partial charge in [-0.25, -0.2) is 9.78 Å². The Morgan fingerprint density at radius 3 is 2.70 bits per heavy atom. The largest absolute Gasteiger partial charge is 0.493 e. The summed E-state index contributed by atoms with van der Waals surface area (Å²) in [6.07, 6.45) is 0.372. The molecule has 0 unspecified atom stereocenters. The van der Waals surface area contributed by atoms with Gasteiger partial charge in [-0.1, -0.05) is 23.9 Å². The molecule has 0 amide bonds. The van der Waals surface area contributed by atoms with Gasteiger partial charge in [-0.15, -0.1) is 0 Å². The molecule has 0 radical (unpaired) electrons. The topological polar surface area (TPSA) is 54.0 Å². The van der Waals surface area contributed by atoms with Crippen LogP contribution in [0.5, 0.6) is 11.5 Å². The summed E-state index contributed by atoms with van der Waals surface area (Å²) in [6, 6.07) is 7.39. The lowest BCUT2D eigenvalue weighted by atomic mass is 10.2. The average molecular weight is 298 g/mol. The van der Waals surface area contributed by atoms with Crippen molar-refractivity contribution < 1.29 is 24.0 Å². The molecule has 1 aliphatic heterocycles. The Balaban J connectivity index is 1.65. The second-order valence-electron chi connectivity index (χ2n) is 4.37. The molecule has 0 aliphatic carbocycles. The Labute approximate surface area is 122 Å². The Hall–Kier alpha value is -1.24. The van der Waals surface area contributed by atoms with Crippen LogP contribution in [-0.2, 0) is 14.6 Å². The smallest absolute Gasteiger partial charge is 0.192 e. The van der Waals surface area contributed by atoms with Crippen LogP contribution in [0.3, 0.4) is 0 Å². The number of ether oxygens (including phenoxy) is 2. The standard InChI is InChI=1S/C14H18O5S/c1-16-12-4-2-3-5-13(12)17-7-6-14(15)20-10-11-8-18-19-9-11/h2-5,11H,6-10H2,1H3. The molecule has 0 atom stereocenters. The SMILES string of the molecule is COc1ccccc1OCCC(=O)SCC1COOC1. The van der Waals surface area contributed by atoms with E-state index >= 15 is 0 Å². The maximum Gasteiger partial charge on any atom is 0.192 e. The molecular weight excluding hydrogens is 280 g/mol. The van der Waals surface area contributed by atoms with Gasteiger partial charge >= 0.3 is 0 Å². The van der Waals surface area contributed by atoms with Gasteiger partial charge < -0.3 is 9.47 Å². The van der Waals surface area contributed by atoms with E-state index in [9.17, 15) is 4.79 Å². The van der Waals surface area contributed by atoms with Crippen molar-refractivity contribution in [1.82, 2.24) is 0 Å². The molecule has 1 aromatic rings. The van der Waals surface area contributed by atoms with E-state index in [1.165, 1.54) is 11.8 Å². The normalized spacial score (nSPS) is 15.2. The van der Waals surface area contributed by atoms with Gasteiger partial charge in [0, 0.05) is 11.7 Å². The molecule has 0 spiro atoms. The fourth-order valence-electron chi connectivity index (χ4n) is 1.70. The molecule has 0 saturated carbocycles. The number of hydrogen-bond acceptors (Lipinski definition) is 6. The summed E-state index contributed by atoms with van der Waals surface area (Å²) >= 11 is 1.31. The maximum atomic E-state index is 11.7. The highest BCUT2D eigenvalue weighted by Gasteiger charge is 2.18. The third-order valence-corrected chi connectivity index (χ3v) is 3.97. The fraction of sp³-hybridized carbons (Fsp3) is 0.500. The number of methoxy groups -OCH3 is 1. The second-order valence-corrected chi connectivity index (χ2v) is 5.44. The Morgan fingerprint density at radius 1 is 1.30 bits per heavy atom. The third-order valence-electron chi connectivity index (χ3n) is 2.80. The van der Waals surface area contributed by atoms with Crippen molar-refractivity contribution in [3.05, 3.63) is 24.3 Å². The minimum Gasteiger partial charge on any atom is -0.493 e. The van der Waals surface area contributed by atoms with E-state index in [-0.39, 0.29) is 5.12 Å². The summed E-state index contributed by atoms with van der Waals surface area (Å²) in [5, 5.41) is 0.117. The van der Waals surface area contributed by atoms with Gasteiger partial charge in [-0.2, -0.15) is 0 Å². The molecule has 1 heterocycles. The summed E-state index contributed by atoms with van der Waals surface area (Å²) in [4.78, 5) is 21.3. The van der Waals surface area contributed by atoms with Crippen molar-refractivity contribution in [2.45, 2.75) is 6.42 Å². The second kappa shape index (κ2) is 8.14. The first-order chi connectivity index (χ1) is 9.79. The van der Waals surface area contributed by atoms with Crippen LogP contribution >= 0.6 is 11.8 Å². The van der Waals surface area contributed by atoms with Crippen LogP contribution in [-0.4, -0.2) is 37.8 Å². The van der Waals surface area contributed by atoms with Gasteiger partial charge in [0.05, 0.1) is 33.4 Å². The van der Waals surface area contributed by atoms with Gasteiger partial charge in [0.2, 0.25) is 0 Å². The molecule has 6 heteroatoms. The number of para-hydroxylation sites is 2. The number of carbonyl (C=O) groups excluding carboxylic acids is 1. The minimum atomic E-state index is 0.117. The van der Waals surface area contributed by atoms with Crippen LogP contribution < -0.4 is 9.47 Å². The van der Waals surface area contributed by atoms with E-state index in [0.717, 1.165) is 5.75 Å². The quantitative estimate of drug-likeness (QED) is 0.720. The van der Waals surface area contributed by atoms with E-state index in [0.29, 0.717) is 43.7 Å². The van der Waals surface area contributed by atoms with Crippen LogP contribution in [0.1, 0.15) is 6.42 Å². The first kappa shape index (κ1) is 15.2. The first-order valence-corrected chi connectivity index (χ1v) is 7.44. The zero-order chi connectivity index (χ0) is 14.2. The number of benzene rings is 1. The predicted molar refractivity (Wildman–Crippen MR) is 76.0 cm³/mol. The molecule has 5 nitrogen and oxygen atoms in total. The Kier molecular flexibility index (Phi) is 6.17. The molecule has 0 bridgehead atoms. The number of carbonyl (C=O) groups is 1. The summed E-state index contributed by atoms with van der Waals surface area (Å²) in [5.74, 6) is 2.37. The fourth-order valence-corrected chi connectivity index (χ4v) is 2.54. The number of rotatable bonds is 7. The van der Waals surface area contributed by atoms with E-state index < -0.39 is 0 Å². The molecule has 0 aromatic heterocycles. The lowest BCUT2D eigenvalue weighted by Crippen LogP contribution is -2.10. The van der Waals surface area contributed by atoms with Crippen molar-refractivity contribution in [1.29, 1.82) is 0 Å². The zero-order valence-electron chi connectivity index (χ0n) is 11.4. The summed E-state index contributed by atoms with van der Waals surface area (Å²) in [7, 11) is 1.59. The third kappa shape index (κ3) is 4.70. The van der Waals surface area contributed by atoms with E-state index in [4.69, 9.17) is 19.2 Å². The van der Waals surface area contributed by atoms with Gasteiger partial charge in [0.1, 0.15) is 0 Å². The molecule has 0 N–H and O–H groups in total. The van der Waals surface area contributed by atoms with Crippen molar-refractivity contribution in [3.63, 3.8) is 0 Å². The van der Waals surface area contributed by atoms with Crippen molar-refractivity contribution in [2.75, 3.05) is 32.7 Å². The molecule has 1 fully saturated rings. The van der Waals surface area contributed by atoms with Gasteiger partial charge in [-0.3, -0.25) is 4.79 Å². The average Bonchev–Trinajstić information content (AvgIpc) is 2.99. The number of thioether (sulfide) groups is 1. The molecule has 2 rings (SSSR count). The van der Waals surface area contributed by atoms with Crippen LogP contribution in [0.25, 0.3) is 0 Å². The first-order valence-electron chi connectivity index (χ1n) is 6.45. The van der Waals surface area contributed by atoms with Crippen LogP contribution in [0.4, 0.5) is 0 Å². The monoisotopic (exact) mass is 298 g/mol. The van der Waals surface area contributed by atoms with Crippen LogP contribution in [0.2, 0.25) is 0 Å². The van der Waals surface area contributed by atoms with E-state index in [2.05, 4.69) is 0 Å². The molecule has 20 heavy (non-hydrogen) atoms. The molecular formula is C14H18O5S. The lowest BCUT2D eigenvalue weighted by Gasteiger charge is -2.10. The Morgan fingerprint density at radius 2 is 2.00 bits per heavy atom. The lowest BCUT2D eigenvalue weighted by molar-refractivity contribution is -0.248. The highest BCUT2D eigenvalue weighted by molar-refractivity contribution is 8.13. The van der Waals surface area contributed by atoms with Crippen molar-refractivity contribution in [3.8, 4) is 11.5 Å². The predicted octanol–water partition coefficient (Wildman–Crippen LogP) is 2.30. The summed E-state index contributed by atoms with van der Waals surface area (Å²) < 4.78 is 10.7. The maximum absolute atomic E-state index is 11.7. The highest BCUT2D eigenvalue weighted by Crippen LogP contribution is 2.26. The zero-order valence-corrected chi connectivity index (χ0v) is 12.2. The van der Waals surface area contributed by atoms with Crippen LogP contribution in [0, 0.1) is 5.92 Å². The van der Waals surface area contributed by atoms with Gasteiger partial charge in [0.25, 0.3) is 0 Å². The highest BCUT2D eigenvalue weighted by atomic mass is 32.2. The minimum absolute atomic E-state index is 0.117. The molecule has 1 saturated heterocycles. The van der Waals surface area contributed by atoms with Crippen molar-refractivity contribution >= 4 is 16.9 Å². The molecule has 1 aliphatic rings. The van der Waals surface area contributed by atoms with E-state index in [1.807, 2.05) is 24.3 Å². The number of hydrogen-bond donors (Lipinski definition) is 0. The van der Waals surface area contributed by atoms with Crippen molar-refractivity contribution in [2.24, 2.45) is 5.92 Å². The Bertz CT molecular complexity index is 431. The van der Waals surface area contributed by atoms with Gasteiger partial charge in [-0.05, 0) is 12.1 Å². The summed E-state index contributed by atoms with van der Waals surface area (Å²) in [5.41, 5.74) is 0. The van der Waals surface area contributed by atoms with Crippen LogP contribution in [0.15, 0.2) is 24.3 Å². The van der Waals surface area contributed by atoms with E-state index in [1.54, 1.807) is 7.11 Å². The van der Waals surface area contributed by atoms with Gasteiger partial charge in [0.15, 0.2) is 16.6 Å². The molecule has 110 valence electrons. The molecule has 1 aromatic carbocycles.